The van der Waals surface area contributed by atoms with Crippen molar-refractivity contribution in [3.63, 3.8) is 0 Å². The van der Waals surface area contributed by atoms with E-state index in [1.807, 2.05) is 88.4 Å². The van der Waals surface area contributed by atoms with Gasteiger partial charge in [-0.2, -0.15) is 0 Å². The average molecular weight is 424 g/mol. The molecule has 6 heteroatoms. The molecular weight excluding hydrogens is 394 g/mol. The van der Waals surface area contributed by atoms with Crippen LogP contribution >= 0.6 is 0 Å². The Bertz CT molecular complexity index is 927. The fourth-order valence-electron chi connectivity index (χ4n) is 2.47. The molecule has 0 saturated heterocycles. The molecule has 3 rings (SSSR count). The fraction of sp³-hybridized carbons (Fsp3) is 0.240. The first-order chi connectivity index (χ1) is 15.1. The highest BCUT2D eigenvalue weighted by Gasteiger charge is 2.22. The Morgan fingerprint density at radius 1 is 0.806 bits per heavy atom. The summed E-state index contributed by atoms with van der Waals surface area (Å²) in [6.07, 6.45) is 0. The average Bonchev–Trinajstić information content (AvgIpc) is 2.85. The summed E-state index contributed by atoms with van der Waals surface area (Å²) in [5, 5.41) is 11.4. The van der Waals surface area contributed by atoms with Crippen molar-refractivity contribution in [2.75, 3.05) is 0 Å². The fourth-order valence-corrected chi connectivity index (χ4v) is 2.47. The van der Waals surface area contributed by atoms with Crippen LogP contribution in [0, 0.1) is 10.1 Å². The molecular formula is C25H29NO5. The van der Waals surface area contributed by atoms with E-state index in [2.05, 4.69) is 0 Å². The molecule has 6 nitrogen and oxygen atoms in total. The van der Waals surface area contributed by atoms with Crippen LogP contribution in [-0.2, 0) is 18.0 Å². The molecule has 0 amide bonds. The minimum atomic E-state index is -0.750. The molecule has 164 valence electrons. The standard InChI is InChI=1S/C21H17NO5.2C2H6/c23-21(27-15-17-9-5-2-6-10-17)19-12-11-18(13-20(19)22(24)25)26-14-16-7-3-1-4-8-16;2*1-2/h1-13H,14-15H2;2*1-2H3. The molecule has 31 heavy (non-hydrogen) atoms. The molecule has 3 aromatic carbocycles. The first-order valence-electron chi connectivity index (χ1n) is 10.3. The van der Waals surface area contributed by atoms with Crippen molar-refractivity contribution < 1.29 is 19.2 Å². The lowest BCUT2D eigenvalue weighted by molar-refractivity contribution is -0.385. The predicted molar refractivity (Wildman–Crippen MR) is 122 cm³/mol. The van der Waals surface area contributed by atoms with E-state index in [1.54, 1.807) is 0 Å². The molecule has 0 aromatic heterocycles. The molecule has 0 spiro atoms. The minimum absolute atomic E-state index is 0.0447. The van der Waals surface area contributed by atoms with Crippen molar-refractivity contribution in [3.05, 3.63) is 106 Å². The smallest absolute Gasteiger partial charge is 0.345 e. The number of rotatable bonds is 7. The minimum Gasteiger partial charge on any atom is -0.489 e. The first kappa shape index (κ1) is 25.4. The summed E-state index contributed by atoms with van der Waals surface area (Å²) in [7, 11) is 0. The predicted octanol–water partition coefficient (Wildman–Crippen LogP) is 6.58. The molecule has 0 N–H and O–H groups in total. The third kappa shape index (κ3) is 8.30. The van der Waals surface area contributed by atoms with Crippen molar-refractivity contribution in [3.8, 4) is 5.75 Å². The number of benzene rings is 3. The van der Waals surface area contributed by atoms with E-state index < -0.39 is 10.9 Å². The van der Waals surface area contributed by atoms with Gasteiger partial charge in [0.05, 0.1) is 11.0 Å². The maximum Gasteiger partial charge on any atom is 0.345 e. The maximum atomic E-state index is 12.3. The van der Waals surface area contributed by atoms with Crippen molar-refractivity contribution in [2.45, 2.75) is 40.9 Å². The number of nitro benzene ring substituents is 1. The van der Waals surface area contributed by atoms with E-state index in [-0.39, 0.29) is 24.5 Å². The topological polar surface area (TPSA) is 78.7 Å². The number of esters is 1. The van der Waals surface area contributed by atoms with Crippen molar-refractivity contribution in [1.82, 2.24) is 0 Å². The van der Waals surface area contributed by atoms with E-state index in [0.29, 0.717) is 5.75 Å². The molecule has 0 aliphatic carbocycles. The number of hydrogen-bond donors (Lipinski definition) is 0. The van der Waals surface area contributed by atoms with Crippen LogP contribution in [0.1, 0.15) is 49.2 Å². The quantitative estimate of drug-likeness (QED) is 0.243. The van der Waals surface area contributed by atoms with Crippen LogP contribution in [0.4, 0.5) is 5.69 Å². The van der Waals surface area contributed by atoms with Gasteiger partial charge in [0.15, 0.2) is 0 Å². The third-order valence-corrected chi connectivity index (χ3v) is 3.85. The molecule has 0 heterocycles. The zero-order valence-corrected chi connectivity index (χ0v) is 18.4. The summed E-state index contributed by atoms with van der Waals surface area (Å²) in [6, 6.07) is 22.7. The molecule has 0 unspecified atom stereocenters. The van der Waals surface area contributed by atoms with E-state index in [9.17, 15) is 14.9 Å². The van der Waals surface area contributed by atoms with Gasteiger partial charge in [0.25, 0.3) is 5.69 Å². The van der Waals surface area contributed by atoms with Gasteiger partial charge in [-0.15, -0.1) is 0 Å². The van der Waals surface area contributed by atoms with Crippen molar-refractivity contribution >= 4 is 11.7 Å². The second-order valence-electron chi connectivity index (χ2n) is 5.77. The van der Waals surface area contributed by atoms with Gasteiger partial charge in [0.2, 0.25) is 0 Å². The van der Waals surface area contributed by atoms with Crippen LogP contribution < -0.4 is 4.74 Å². The zero-order chi connectivity index (χ0) is 23.1. The summed E-state index contributed by atoms with van der Waals surface area (Å²) in [5.41, 5.74) is 1.28. The number of nitrogens with zero attached hydrogens (tertiary/aromatic N) is 1. The summed E-state index contributed by atoms with van der Waals surface area (Å²) >= 11 is 0. The van der Waals surface area contributed by atoms with E-state index in [0.717, 1.165) is 11.1 Å². The lowest BCUT2D eigenvalue weighted by Crippen LogP contribution is -2.08. The summed E-state index contributed by atoms with van der Waals surface area (Å²) in [5.74, 6) is -0.440. The first-order valence-corrected chi connectivity index (χ1v) is 10.3. The van der Waals surface area contributed by atoms with Crippen molar-refractivity contribution in [2.24, 2.45) is 0 Å². The molecule has 0 atom stereocenters. The largest absolute Gasteiger partial charge is 0.489 e. The van der Waals surface area contributed by atoms with Crippen LogP contribution in [0.15, 0.2) is 78.9 Å². The van der Waals surface area contributed by atoms with E-state index >= 15 is 0 Å². The molecule has 0 fully saturated rings. The van der Waals surface area contributed by atoms with Gasteiger partial charge >= 0.3 is 5.97 Å². The van der Waals surface area contributed by atoms with Crippen LogP contribution in [0.5, 0.6) is 5.75 Å². The molecule has 0 saturated carbocycles. The Morgan fingerprint density at radius 2 is 1.32 bits per heavy atom. The SMILES string of the molecule is CC.CC.O=C(OCc1ccccc1)c1ccc(OCc2ccccc2)cc1[N+](=O)[O-]. The third-order valence-electron chi connectivity index (χ3n) is 3.85. The number of ether oxygens (including phenoxy) is 2. The van der Waals surface area contributed by atoms with Gasteiger partial charge < -0.3 is 9.47 Å². The van der Waals surface area contributed by atoms with Gasteiger partial charge in [0, 0.05) is 0 Å². The van der Waals surface area contributed by atoms with Crippen LogP contribution in [-0.4, -0.2) is 10.9 Å². The van der Waals surface area contributed by atoms with Gasteiger partial charge in [-0.05, 0) is 23.3 Å². The second kappa shape index (κ2) is 14.3. The van der Waals surface area contributed by atoms with E-state index in [1.165, 1.54) is 18.2 Å². The Morgan fingerprint density at radius 3 is 1.84 bits per heavy atom. The highest BCUT2D eigenvalue weighted by Crippen LogP contribution is 2.26. The summed E-state index contributed by atoms with van der Waals surface area (Å²) in [6.45, 7) is 8.32. The lowest BCUT2D eigenvalue weighted by Gasteiger charge is -2.09. The lowest BCUT2D eigenvalue weighted by atomic mass is 10.1. The zero-order valence-electron chi connectivity index (χ0n) is 18.4. The van der Waals surface area contributed by atoms with Gasteiger partial charge in [0.1, 0.15) is 24.5 Å². The molecule has 3 aromatic rings. The molecule has 0 aliphatic rings. The van der Waals surface area contributed by atoms with Crippen LogP contribution in [0.2, 0.25) is 0 Å². The van der Waals surface area contributed by atoms with Crippen molar-refractivity contribution in [1.29, 1.82) is 0 Å². The van der Waals surface area contributed by atoms with Crippen LogP contribution in [0.3, 0.4) is 0 Å². The normalized spacial score (nSPS) is 9.29. The number of hydrogen-bond acceptors (Lipinski definition) is 5. The van der Waals surface area contributed by atoms with Gasteiger partial charge in [-0.3, -0.25) is 10.1 Å². The summed E-state index contributed by atoms with van der Waals surface area (Å²) < 4.78 is 10.8. The summed E-state index contributed by atoms with van der Waals surface area (Å²) in [4.78, 5) is 23.0. The van der Waals surface area contributed by atoms with Gasteiger partial charge in [-0.25, -0.2) is 4.79 Å². The Labute approximate surface area is 183 Å². The number of carbonyl (C=O) groups is 1. The number of nitro groups is 1. The monoisotopic (exact) mass is 423 g/mol. The van der Waals surface area contributed by atoms with Gasteiger partial charge in [-0.1, -0.05) is 88.4 Å². The van der Waals surface area contributed by atoms with E-state index in [4.69, 9.17) is 9.47 Å². The second-order valence-corrected chi connectivity index (χ2v) is 5.77. The Kier molecular flexibility index (Phi) is 11.7. The molecule has 0 bridgehead atoms. The van der Waals surface area contributed by atoms with Crippen LogP contribution in [0.25, 0.3) is 0 Å². The Balaban J connectivity index is 0.00000113. The number of carbonyl (C=O) groups excluding carboxylic acids is 1. The highest BCUT2D eigenvalue weighted by atomic mass is 16.6. The molecule has 0 radical (unpaired) electrons. The highest BCUT2D eigenvalue weighted by molar-refractivity contribution is 5.94. The maximum absolute atomic E-state index is 12.3. The Hall–Kier alpha value is -3.67. The molecule has 0 aliphatic heterocycles.